The number of nitrogens with zero attached hydrogens (tertiary/aromatic N) is 1. The van der Waals surface area contributed by atoms with Gasteiger partial charge in [0.05, 0.1) is 6.54 Å². The highest BCUT2D eigenvalue weighted by atomic mass is 19.3. The van der Waals surface area contributed by atoms with Crippen LogP contribution in [0.4, 0.5) is 8.78 Å². The van der Waals surface area contributed by atoms with Crippen molar-refractivity contribution >= 4 is 0 Å². The number of rotatable bonds is 5. The Balaban J connectivity index is 2.67. The molecule has 1 heterocycles. The third-order valence-electron chi connectivity index (χ3n) is 3.93. The molecule has 1 rings (SSSR count). The van der Waals surface area contributed by atoms with Crippen LogP contribution in [0.15, 0.2) is 0 Å². The van der Waals surface area contributed by atoms with Crippen molar-refractivity contribution in [1.82, 2.24) is 10.2 Å². The van der Waals surface area contributed by atoms with E-state index < -0.39 is 6.43 Å². The van der Waals surface area contributed by atoms with Gasteiger partial charge in [0.2, 0.25) is 0 Å². The highest BCUT2D eigenvalue weighted by Crippen LogP contribution is 2.24. The molecule has 0 bridgehead atoms. The zero-order valence-electron chi connectivity index (χ0n) is 10.6. The molecule has 96 valence electrons. The Morgan fingerprint density at radius 1 is 1.31 bits per heavy atom. The Bertz CT molecular complexity index is 205. The first-order valence-corrected chi connectivity index (χ1v) is 6.34. The van der Waals surface area contributed by atoms with E-state index in [1.54, 1.807) is 0 Å². The van der Waals surface area contributed by atoms with Crippen molar-refractivity contribution in [2.75, 3.05) is 19.6 Å². The fraction of sp³-hybridized carbons (Fsp3) is 1.00. The maximum atomic E-state index is 12.5. The quantitative estimate of drug-likeness (QED) is 0.786. The molecule has 4 heteroatoms. The molecule has 2 nitrogen and oxygen atoms in total. The van der Waals surface area contributed by atoms with E-state index in [9.17, 15) is 8.78 Å². The van der Waals surface area contributed by atoms with E-state index in [1.807, 2.05) is 4.90 Å². The Labute approximate surface area is 97.4 Å². The normalized spacial score (nSPS) is 26.2. The van der Waals surface area contributed by atoms with Crippen LogP contribution in [0.3, 0.4) is 0 Å². The van der Waals surface area contributed by atoms with Crippen LogP contribution in [0.5, 0.6) is 0 Å². The van der Waals surface area contributed by atoms with Gasteiger partial charge in [0.25, 0.3) is 6.43 Å². The van der Waals surface area contributed by atoms with Crippen molar-refractivity contribution in [2.24, 2.45) is 0 Å². The molecule has 1 aliphatic heterocycles. The van der Waals surface area contributed by atoms with Crippen LogP contribution in [-0.2, 0) is 0 Å². The molecule has 0 aromatic rings. The standard InChI is InChI=1S/C12H24F2N2/c1-4-10-7-15-12(5-2,6-3)9-16(10)8-11(13)14/h10-11,15H,4-9H2,1-3H3. The van der Waals surface area contributed by atoms with E-state index in [-0.39, 0.29) is 18.1 Å². The molecule has 1 atom stereocenters. The lowest BCUT2D eigenvalue weighted by molar-refractivity contribution is 0.0161. The summed E-state index contributed by atoms with van der Waals surface area (Å²) in [4.78, 5) is 1.97. The summed E-state index contributed by atoms with van der Waals surface area (Å²) in [6.45, 7) is 7.83. The van der Waals surface area contributed by atoms with Crippen LogP contribution >= 0.6 is 0 Å². The lowest BCUT2D eigenvalue weighted by atomic mass is 9.88. The van der Waals surface area contributed by atoms with Crippen molar-refractivity contribution in [3.05, 3.63) is 0 Å². The minimum absolute atomic E-state index is 0.0422. The van der Waals surface area contributed by atoms with Crippen molar-refractivity contribution in [3.8, 4) is 0 Å². The van der Waals surface area contributed by atoms with Crippen LogP contribution in [0, 0.1) is 0 Å². The van der Waals surface area contributed by atoms with Gasteiger partial charge in [-0.1, -0.05) is 20.8 Å². The predicted molar refractivity (Wildman–Crippen MR) is 63.0 cm³/mol. The van der Waals surface area contributed by atoms with Gasteiger partial charge in [0.1, 0.15) is 0 Å². The van der Waals surface area contributed by atoms with Crippen LogP contribution in [0.25, 0.3) is 0 Å². The van der Waals surface area contributed by atoms with Gasteiger partial charge in [0, 0.05) is 24.7 Å². The molecule has 16 heavy (non-hydrogen) atoms. The van der Waals surface area contributed by atoms with Crippen molar-refractivity contribution in [3.63, 3.8) is 0 Å². The van der Waals surface area contributed by atoms with Gasteiger partial charge in [-0.3, -0.25) is 4.90 Å². The van der Waals surface area contributed by atoms with Crippen LogP contribution < -0.4 is 5.32 Å². The van der Waals surface area contributed by atoms with Gasteiger partial charge in [-0.2, -0.15) is 0 Å². The first kappa shape index (κ1) is 13.8. The number of halogens is 2. The lowest BCUT2D eigenvalue weighted by Gasteiger charge is -2.47. The van der Waals surface area contributed by atoms with E-state index in [1.165, 1.54) is 0 Å². The monoisotopic (exact) mass is 234 g/mol. The second-order valence-electron chi connectivity index (χ2n) is 4.75. The topological polar surface area (TPSA) is 15.3 Å². The fourth-order valence-corrected chi connectivity index (χ4v) is 2.55. The molecule has 0 spiro atoms. The summed E-state index contributed by atoms with van der Waals surface area (Å²) in [5.74, 6) is 0. The molecule has 0 aliphatic carbocycles. The SMILES string of the molecule is CCC1CNC(CC)(CC)CN1CC(F)F. The van der Waals surface area contributed by atoms with Crippen molar-refractivity contribution in [2.45, 2.75) is 58.0 Å². The van der Waals surface area contributed by atoms with E-state index in [4.69, 9.17) is 0 Å². The summed E-state index contributed by atoms with van der Waals surface area (Å²) in [5.41, 5.74) is 0.0422. The largest absolute Gasteiger partial charge is 0.308 e. The average molecular weight is 234 g/mol. The molecule has 0 amide bonds. The van der Waals surface area contributed by atoms with Gasteiger partial charge in [0.15, 0.2) is 0 Å². The third-order valence-corrected chi connectivity index (χ3v) is 3.93. The molecule has 1 unspecified atom stereocenters. The number of nitrogens with one attached hydrogen (secondary N) is 1. The predicted octanol–water partition coefficient (Wildman–Crippen LogP) is 2.49. The highest BCUT2D eigenvalue weighted by molar-refractivity contribution is 4.96. The van der Waals surface area contributed by atoms with E-state index in [2.05, 4.69) is 26.1 Å². The summed E-state index contributed by atoms with van der Waals surface area (Å²) in [5, 5.41) is 3.55. The van der Waals surface area contributed by atoms with Crippen LogP contribution in [-0.4, -0.2) is 42.5 Å². The minimum atomic E-state index is -2.22. The molecule has 1 N–H and O–H groups in total. The Morgan fingerprint density at radius 3 is 2.38 bits per heavy atom. The van der Waals surface area contributed by atoms with Gasteiger partial charge >= 0.3 is 0 Å². The number of alkyl halides is 2. The van der Waals surface area contributed by atoms with Gasteiger partial charge < -0.3 is 5.32 Å². The van der Waals surface area contributed by atoms with Gasteiger partial charge in [-0.05, 0) is 19.3 Å². The maximum Gasteiger partial charge on any atom is 0.251 e. The number of hydrogen-bond acceptors (Lipinski definition) is 2. The highest BCUT2D eigenvalue weighted by Gasteiger charge is 2.36. The Morgan fingerprint density at radius 2 is 1.94 bits per heavy atom. The Kier molecular flexibility index (Phi) is 5.12. The molecule has 1 saturated heterocycles. The van der Waals surface area contributed by atoms with E-state index >= 15 is 0 Å². The molecular formula is C12H24F2N2. The van der Waals surface area contributed by atoms with Crippen LogP contribution in [0.1, 0.15) is 40.0 Å². The van der Waals surface area contributed by atoms with Crippen molar-refractivity contribution in [1.29, 1.82) is 0 Å². The summed E-state index contributed by atoms with van der Waals surface area (Å²) < 4.78 is 25.1. The van der Waals surface area contributed by atoms with Gasteiger partial charge in [-0.25, -0.2) is 8.78 Å². The second kappa shape index (κ2) is 5.92. The van der Waals surface area contributed by atoms with Crippen molar-refractivity contribution < 1.29 is 8.78 Å². The molecule has 1 aliphatic rings. The summed E-state index contributed by atoms with van der Waals surface area (Å²) in [6, 6.07) is 0.264. The first-order chi connectivity index (χ1) is 7.56. The molecule has 1 fully saturated rings. The number of piperazine rings is 1. The zero-order valence-corrected chi connectivity index (χ0v) is 10.6. The van der Waals surface area contributed by atoms with Gasteiger partial charge in [-0.15, -0.1) is 0 Å². The molecule has 0 saturated carbocycles. The smallest absolute Gasteiger partial charge is 0.251 e. The second-order valence-corrected chi connectivity index (χ2v) is 4.75. The minimum Gasteiger partial charge on any atom is -0.308 e. The summed E-state index contributed by atoms with van der Waals surface area (Å²) in [6.07, 6.45) is 0.710. The van der Waals surface area contributed by atoms with E-state index in [0.29, 0.717) is 0 Å². The summed E-state index contributed by atoms with van der Waals surface area (Å²) in [7, 11) is 0. The molecular weight excluding hydrogens is 210 g/mol. The van der Waals surface area contributed by atoms with E-state index in [0.717, 1.165) is 32.4 Å². The molecule has 0 aromatic heterocycles. The summed E-state index contributed by atoms with van der Waals surface area (Å²) >= 11 is 0. The molecule has 0 radical (unpaired) electrons. The first-order valence-electron chi connectivity index (χ1n) is 6.34. The Hall–Kier alpha value is -0.220. The average Bonchev–Trinajstić information content (AvgIpc) is 2.28. The zero-order chi connectivity index (χ0) is 12.2. The lowest BCUT2D eigenvalue weighted by Crippen LogP contribution is -2.64. The van der Waals surface area contributed by atoms with Crippen LogP contribution in [0.2, 0.25) is 0 Å². The third kappa shape index (κ3) is 3.14. The maximum absolute atomic E-state index is 12.5. The molecule has 0 aromatic carbocycles. The fourth-order valence-electron chi connectivity index (χ4n) is 2.55. The number of hydrogen-bond donors (Lipinski definition) is 1.